The van der Waals surface area contributed by atoms with Crippen molar-refractivity contribution in [3.8, 4) is 0 Å². The van der Waals surface area contributed by atoms with Crippen molar-refractivity contribution in [2.24, 2.45) is 5.92 Å². The normalized spacial score (nSPS) is 27.7. The molecule has 1 N–H and O–H groups in total. The molecule has 0 aromatic carbocycles. The van der Waals surface area contributed by atoms with Crippen LogP contribution >= 0.6 is 0 Å². The standard InChI is InChI=1S/C16H21N5O2/c1-11-13(5-9-23-11)16(22)20-7-4-12(10-20)18-14-2-3-15-17-6-8-21(15)19-14/h2-3,6,8,11-13H,4-5,7,9-10H2,1H3,(H,18,19)/t11-,12+,13+/m0/s1. The number of amides is 1. The fraction of sp³-hybridized carbons (Fsp3) is 0.562. The number of aromatic nitrogens is 3. The Balaban J connectivity index is 1.39. The summed E-state index contributed by atoms with van der Waals surface area (Å²) in [5.74, 6) is 1.07. The van der Waals surface area contributed by atoms with Crippen LogP contribution in [0.1, 0.15) is 19.8 Å². The van der Waals surface area contributed by atoms with E-state index in [1.807, 2.05) is 30.2 Å². The Morgan fingerprint density at radius 2 is 2.30 bits per heavy atom. The van der Waals surface area contributed by atoms with E-state index in [4.69, 9.17) is 4.74 Å². The molecule has 2 aromatic rings. The lowest BCUT2D eigenvalue weighted by molar-refractivity contribution is -0.135. The average Bonchev–Trinajstić information content (AvgIpc) is 3.26. The molecular weight excluding hydrogens is 294 g/mol. The zero-order valence-electron chi connectivity index (χ0n) is 13.2. The van der Waals surface area contributed by atoms with Crippen LogP contribution in [-0.4, -0.2) is 57.2 Å². The third-order valence-electron chi connectivity index (χ3n) is 4.80. The number of fused-ring (bicyclic) bond motifs is 1. The fourth-order valence-corrected chi connectivity index (χ4v) is 3.47. The molecule has 122 valence electrons. The number of rotatable bonds is 3. The predicted molar refractivity (Wildman–Crippen MR) is 85.1 cm³/mol. The van der Waals surface area contributed by atoms with Gasteiger partial charge in [-0.05, 0) is 31.9 Å². The molecule has 0 bridgehead atoms. The smallest absolute Gasteiger partial charge is 0.228 e. The van der Waals surface area contributed by atoms with Gasteiger partial charge in [-0.25, -0.2) is 9.50 Å². The van der Waals surface area contributed by atoms with Gasteiger partial charge in [0.15, 0.2) is 5.65 Å². The van der Waals surface area contributed by atoms with Crippen molar-refractivity contribution in [2.45, 2.75) is 31.9 Å². The summed E-state index contributed by atoms with van der Waals surface area (Å²) in [6.07, 6.45) is 5.38. The molecule has 3 atom stereocenters. The highest BCUT2D eigenvalue weighted by molar-refractivity contribution is 5.80. The SMILES string of the molecule is C[C@@H]1OCC[C@H]1C(=O)N1CC[C@@H](Nc2ccc3nccn3n2)C1. The van der Waals surface area contributed by atoms with Crippen LogP contribution in [-0.2, 0) is 9.53 Å². The van der Waals surface area contributed by atoms with Gasteiger partial charge in [0.1, 0.15) is 5.82 Å². The molecule has 2 aliphatic rings. The van der Waals surface area contributed by atoms with Gasteiger partial charge in [-0.1, -0.05) is 0 Å². The van der Waals surface area contributed by atoms with Crippen molar-refractivity contribution < 1.29 is 9.53 Å². The second kappa shape index (κ2) is 5.81. The Hall–Kier alpha value is -2.15. The lowest BCUT2D eigenvalue weighted by atomic mass is 10.0. The van der Waals surface area contributed by atoms with Crippen LogP contribution in [0.5, 0.6) is 0 Å². The minimum Gasteiger partial charge on any atom is -0.378 e. The molecule has 0 spiro atoms. The predicted octanol–water partition coefficient (Wildman–Crippen LogP) is 1.17. The Morgan fingerprint density at radius 1 is 1.39 bits per heavy atom. The molecular formula is C16H21N5O2. The van der Waals surface area contributed by atoms with E-state index in [0.717, 1.165) is 37.4 Å². The summed E-state index contributed by atoms with van der Waals surface area (Å²) in [6, 6.07) is 4.11. The minimum absolute atomic E-state index is 0.0224. The summed E-state index contributed by atoms with van der Waals surface area (Å²) >= 11 is 0. The lowest BCUT2D eigenvalue weighted by Crippen LogP contribution is -2.38. The maximum absolute atomic E-state index is 12.6. The molecule has 2 aliphatic heterocycles. The Labute approximate surface area is 134 Å². The molecule has 2 saturated heterocycles. The first kappa shape index (κ1) is 14.4. The van der Waals surface area contributed by atoms with Gasteiger partial charge in [0.25, 0.3) is 0 Å². The summed E-state index contributed by atoms with van der Waals surface area (Å²) in [5.41, 5.74) is 0.828. The Morgan fingerprint density at radius 3 is 3.13 bits per heavy atom. The zero-order chi connectivity index (χ0) is 15.8. The van der Waals surface area contributed by atoms with E-state index in [2.05, 4.69) is 15.4 Å². The largest absolute Gasteiger partial charge is 0.378 e. The number of likely N-dealkylation sites (tertiary alicyclic amines) is 1. The van der Waals surface area contributed by atoms with E-state index < -0.39 is 0 Å². The summed E-state index contributed by atoms with van der Waals surface area (Å²) in [4.78, 5) is 18.7. The molecule has 0 saturated carbocycles. The fourth-order valence-electron chi connectivity index (χ4n) is 3.47. The first-order valence-electron chi connectivity index (χ1n) is 8.18. The van der Waals surface area contributed by atoms with E-state index in [0.29, 0.717) is 6.61 Å². The number of hydrogen-bond acceptors (Lipinski definition) is 5. The highest BCUT2D eigenvalue weighted by Crippen LogP contribution is 2.25. The maximum atomic E-state index is 12.6. The van der Waals surface area contributed by atoms with Crippen LogP contribution in [0, 0.1) is 5.92 Å². The number of anilines is 1. The van der Waals surface area contributed by atoms with E-state index in [1.54, 1.807) is 10.7 Å². The van der Waals surface area contributed by atoms with Crippen LogP contribution in [0.3, 0.4) is 0 Å². The average molecular weight is 315 g/mol. The van der Waals surface area contributed by atoms with Crippen molar-refractivity contribution in [1.82, 2.24) is 19.5 Å². The molecule has 4 rings (SSSR count). The Bertz CT molecular complexity index is 715. The van der Waals surface area contributed by atoms with Crippen LogP contribution in [0.4, 0.5) is 5.82 Å². The highest BCUT2D eigenvalue weighted by Gasteiger charge is 2.36. The number of ether oxygens (including phenoxy) is 1. The first-order chi connectivity index (χ1) is 11.2. The van der Waals surface area contributed by atoms with Crippen LogP contribution in [0.25, 0.3) is 5.65 Å². The van der Waals surface area contributed by atoms with Gasteiger partial charge in [-0.15, -0.1) is 5.10 Å². The quantitative estimate of drug-likeness (QED) is 0.920. The molecule has 7 heteroatoms. The van der Waals surface area contributed by atoms with Gasteiger partial charge in [-0.2, -0.15) is 0 Å². The van der Waals surface area contributed by atoms with E-state index in [1.165, 1.54) is 0 Å². The third-order valence-corrected chi connectivity index (χ3v) is 4.80. The van der Waals surface area contributed by atoms with Gasteiger partial charge in [-0.3, -0.25) is 4.79 Å². The summed E-state index contributed by atoms with van der Waals surface area (Å²) in [5, 5.41) is 7.90. The second-order valence-electron chi connectivity index (χ2n) is 6.33. The topological polar surface area (TPSA) is 71.8 Å². The van der Waals surface area contributed by atoms with Gasteiger partial charge >= 0.3 is 0 Å². The van der Waals surface area contributed by atoms with Crippen molar-refractivity contribution in [2.75, 3.05) is 25.0 Å². The number of nitrogens with zero attached hydrogens (tertiary/aromatic N) is 4. The molecule has 7 nitrogen and oxygen atoms in total. The molecule has 23 heavy (non-hydrogen) atoms. The molecule has 4 heterocycles. The van der Waals surface area contributed by atoms with Crippen molar-refractivity contribution in [3.05, 3.63) is 24.5 Å². The monoisotopic (exact) mass is 315 g/mol. The number of carbonyl (C=O) groups excluding carboxylic acids is 1. The summed E-state index contributed by atoms with van der Waals surface area (Å²) in [6.45, 7) is 4.21. The highest BCUT2D eigenvalue weighted by atomic mass is 16.5. The van der Waals surface area contributed by atoms with Crippen LogP contribution in [0.2, 0.25) is 0 Å². The van der Waals surface area contributed by atoms with E-state index >= 15 is 0 Å². The number of imidazole rings is 1. The van der Waals surface area contributed by atoms with Crippen molar-refractivity contribution in [3.63, 3.8) is 0 Å². The van der Waals surface area contributed by atoms with Crippen molar-refractivity contribution >= 4 is 17.4 Å². The summed E-state index contributed by atoms with van der Waals surface area (Å²) in [7, 11) is 0. The second-order valence-corrected chi connectivity index (χ2v) is 6.33. The number of hydrogen-bond donors (Lipinski definition) is 1. The van der Waals surface area contributed by atoms with Gasteiger partial charge in [0.05, 0.1) is 12.0 Å². The molecule has 0 radical (unpaired) electrons. The number of carbonyl (C=O) groups is 1. The molecule has 0 aliphatic carbocycles. The molecule has 2 fully saturated rings. The van der Waals surface area contributed by atoms with Gasteiger partial charge in [0, 0.05) is 38.1 Å². The third kappa shape index (κ3) is 2.76. The maximum Gasteiger partial charge on any atom is 0.228 e. The first-order valence-corrected chi connectivity index (χ1v) is 8.18. The molecule has 2 aromatic heterocycles. The summed E-state index contributed by atoms with van der Waals surface area (Å²) < 4.78 is 7.27. The lowest BCUT2D eigenvalue weighted by Gasteiger charge is -2.22. The number of nitrogens with one attached hydrogen (secondary N) is 1. The van der Waals surface area contributed by atoms with E-state index in [-0.39, 0.29) is 24.0 Å². The molecule has 1 amide bonds. The van der Waals surface area contributed by atoms with Crippen molar-refractivity contribution in [1.29, 1.82) is 0 Å². The Kier molecular flexibility index (Phi) is 3.65. The minimum atomic E-state index is 0.0224. The van der Waals surface area contributed by atoms with Crippen LogP contribution in [0.15, 0.2) is 24.5 Å². The van der Waals surface area contributed by atoms with Crippen LogP contribution < -0.4 is 5.32 Å². The zero-order valence-corrected chi connectivity index (χ0v) is 13.2. The van der Waals surface area contributed by atoms with Gasteiger partial charge < -0.3 is 15.0 Å². The van der Waals surface area contributed by atoms with Gasteiger partial charge in [0.2, 0.25) is 5.91 Å². The molecule has 0 unspecified atom stereocenters. The van der Waals surface area contributed by atoms with E-state index in [9.17, 15) is 4.79 Å².